The number of hydrogen-bond donors (Lipinski definition) is 2. The molecule has 1 heterocycles. The molecule has 0 aromatic carbocycles. The van der Waals surface area contributed by atoms with Gasteiger partial charge in [0.25, 0.3) is 0 Å². The summed E-state index contributed by atoms with van der Waals surface area (Å²) in [5.74, 6) is 0.187. The van der Waals surface area contributed by atoms with Crippen molar-refractivity contribution in [1.29, 1.82) is 0 Å². The fourth-order valence-corrected chi connectivity index (χ4v) is 2.30. The van der Waals surface area contributed by atoms with E-state index in [9.17, 15) is 4.39 Å². The molecular formula is C15H25FN2O. The van der Waals surface area contributed by atoms with Gasteiger partial charge in [-0.3, -0.25) is 4.98 Å². The monoisotopic (exact) mass is 268 g/mol. The van der Waals surface area contributed by atoms with Crippen molar-refractivity contribution in [3.63, 3.8) is 0 Å². The Bertz CT molecular complexity index is 337. The molecule has 0 saturated carbocycles. The highest BCUT2D eigenvalue weighted by Crippen LogP contribution is 2.16. The maximum atomic E-state index is 12.9. The van der Waals surface area contributed by atoms with Crippen LogP contribution in [-0.4, -0.2) is 23.2 Å². The van der Waals surface area contributed by atoms with Gasteiger partial charge in [-0.1, -0.05) is 20.3 Å². The standard InChI is InChI=1S/C15H25FN2O/c1-3-5-12(8-9-19)10-17-14(4-2)15-7-6-13(16)11-18-15/h6-7,11-12,14,17,19H,3-5,8-10H2,1-2H3. The van der Waals surface area contributed by atoms with E-state index in [1.807, 2.05) is 0 Å². The molecule has 0 aliphatic rings. The van der Waals surface area contributed by atoms with E-state index in [4.69, 9.17) is 5.11 Å². The first-order valence-corrected chi connectivity index (χ1v) is 7.16. The molecule has 0 radical (unpaired) electrons. The molecule has 0 aliphatic heterocycles. The molecule has 0 amide bonds. The van der Waals surface area contributed by atoms with E-state index < -0.39 is 0 Å². The quantitative estimate of drug-likeness (QED) is 0.723. The highest BCUT2D eigenvalue weighted by Gasteiger charge is 2.13. The lowest BCUT2D eigenvalue weighted by Gasteiger charge is -2.21. The minimum Gasteiger partial charge on any atom is -0.396 e. The second kappa shape index (κ2) is 8.99. The molecule has 2 atom stereocenters. The highest BCUT2D eigenvalue weighted by molar-refractivity contribution is 5.09. The number of aliphatic hydroxyl groups is 1. The van der Waals surface area contributed by atoms with Crippen molar-refractivity contribution in [3.05, 3.63) is 29.8 Å². The Kier molecular flexibility index (Phi) is 7.60. The molecule has 0 aliphatic carbocycles. The predicted octanol–water partition coefficient (Wildman–Crippen LogP) is 3.06. The maximum Gasteiger partial charge on any atom is 0.141 e. The lowest BCUT2D eigenvalue weighted by molar-refractivity contribution is 0.244. The summed E-state index contributed by atoms with van der Waals surface area (Å²) in [4.78, 5) is 4.13. The summed E-state index contributed by atoms with van der Waals surface area (Å²) in [7, 11) is 0. The summed E-state index contributed by atoms with van der Waals surface area (Å²) in [6.45, 7) is 5.34. The van der Waals surface area contributed by atoms with Gasteiger partial charge >= 0.3 is 0 Å². The Hall–Kier alpha value is -1.00. The molecule has 4 heteroatoms. The zero-order chi connectivity index (χ0) is 14.1. The number of rotatable bonds is 9. The number of nitrogens with one attached hydrogen (secondary N) is 1. The minimum atomic E-state index is -0.303. The van der Waals surface area contributed by atoms with Crippen LogP contribution in [0.1, 0.15) is 51.3 Å². The van der Waals surface area contributed by atoms with Crippen LogP contribution in [0.4, 0.5) is 4.39 Å². The van der Waals surface area contributed by atoms with Gasteiger partial charge < -0.3 is 10.4 Å². The Morgan fingerprint density at radius 1 is 1.32 bits per heavy atom. The normalized spacial score (nSPS) is 14.3. The SMILES string of the molecule is CCCC(CCO)CNC(CC)c1ccc(F)cn1. The summed E-state index contributed by atoms with van der Waals surface area (Å²) in [5, 5.41) is 12.5. The number of pyridine rings is 1. The van der Waals surface area contributed by atoms with Crippen molar-refractivity contribution in [1.82, 2.24) is 10.3 Å². The van der Waals surface area contributed by atoms with Gasteiger partial charge in [0.1, 0.15) is 5.82 Å². The molecule has 19 heavy (non-hydrogen) atoms. The van der Waals surface area contributed by atoms with Crippen LogP contribution in [0, 0.1) is 11.7 Å². The molecule has 1 aromatic heterocycles. The second-order valence-electron chi connectivity index (χ2n) is 4.94. The van der Waals surface area contributed by atoms with Crippen LogP contribution in [-0.2, 0) is 0 Å². The Balaban J connectivity index is 2.53. The van der Waals surface area contributed by atoms with E-state index in [1.165, 1.54) is 12.3 Å². The molecule has 108 valence electrons. The topological polar surface area (TPSA) is 45.1 Å². The molecule has 1 rings (SSSR count). The average molecular weight is 268 g/mol. The fraction of sp³-hybridized carbons (Fsp3) is 0.667. The third-order valence-electron chi connectivity index (χ3n) is 3.40. The zero-order valence-electron chi connectivity index (χ0n) is 11.9. The Morgan fingerprint density at radius 2 is 2.11 bits per heavy atom. The van der Waals surface area contributed by atoms with Crippen LogP contribution in [0.3, 0.4) is 0 Å². The maximum absolute atomic E-state index is 12.9. The van der Waals surface area contributed by atoms with E-state index >= 15 is 0 Å². The third kappa shape index (κ3) is 5.66. The molecule has 1 aromatic rings. The number of nitrogens with zero attached hydrogens (tertiary/aromatic N) is 1. The largest absolute Gasteiger partial charge is 0.396 e. The van der Waals surface area contributed by atoms with Crippen molar-refractivity contribution < 1.29 is 9.50 Å². The predicted molar refractivity (Wildman–Crippen MR) is 75.3 cm³/mol. The van der Waals surface area contributed by atoms with Gasteiger partial charge in [0.2, 0.25) is 0 Å². The van der Waals surface area contributed by atoms with Crippen LogP contribution >= 0.6 is 0 Å². The van der Waals surface area contributed by atoms with Crippen LogP contribution in [0.5, 0.6) is 0 Å². The number of aromatic nitrogens is 1. The van der Waals surface area contributed by atoms with Crippen LogP contribution in [0.25, 0.3) is 0 Å². The van der Waals surface area contributed by atoms with Crippen LogP contribution in [0.15, 0.2) is 18.3 Å². The van der Waals surface area contributed by atoms with Gasteiger partial charge in [-0.15, -0.1) is 0 Å². The van der Waals surface area contributed by atoms with Gasteiger partial charge in [0, 0.05) is 12.6 Å². The zero-order valence-corrected chi connectivity index (χ0v) is 11.9. The summed E-state index contributed by atoms with van der Waals surface area (Å²) >= 11 is 0. The summed E-state index contributed by atoms with van der Waals surface area (Å²) in [6.07, 6.45) is 5.24. The third-order valence-corrected chi connectivity index (χ3v) is 3.40. The first kappa shape index (κ1) is 16.1. The summed E-state index contributed by atoms with van der Waals surface area (Å²) in [5.41, 5.74) is 0.878. The van der Waals surface area contributed by atoms with Crippen molar-refractivity contribution in [2.45, 2.75) is 45.6 Å². The van der Waals surface area contributed by atoms with Gasteiger partial charge in [-0.25, -0.2) is 4.39 Å². The fourth-order valence-electron chi connectivity index (χ4n) is 2.30. The second-order valence-corrected chi connectivity index (χ2v) is 4.94. The smallest absolute Gasteiger partial charge is 0.141 e. The van der Waals surface area contributed by atoms with Crippen molar-refractivity contribution in [3.8, 4) is 0 Å². The summed E-state index contributed by atoms with van der Waals surface area (Å²) in [6, 6.07) is 3.33. The molecule has 0 saturated heterocycles. The molecule has 2 unspecified atom stereocenters. The van der Waals surface area contributed by atoms with Crippen LogP contribution < -0.4 is 5.32 Å². The van der Waals surface area contributed by atoms with E-state index in [1.54, 1.807) is 6.07 Å². The highest BCUT2D eigenvalue weighted by atomic mass is 19.1. The average Bonchev–Trinajstić information content (AvgIpc) is 2.41. The first-order valence-electron chi connectivity index (χ1n) is 7.16. The molecule has 2 N–H and O–H groups in total. The molecule has 0 fully saturated rings. The van der Waals surface area contributed by atoms with Gasteiger partial charge in [-0.2, -0.15) is 0 Å². The van der Waals surface area contributed by atoms with Gasteiger partial charge in [-0.05, 0) is 43.9 Å². The number of halogens is 1. The molecule has 0 spiro atoms. The van der Waals surface area contributed by atoms with E-state index in [2.05, 4.69) is 24.1 Å². The number of hydrogen-bond acceptors (Lipinski definition) is 3. The van der Waals surface area contributed by atoms with E-state index in [-0.39, 0.29) is 18.5 Å². The Labute approximate surface area is 115 Å². The minimum absolute atomic E-state index is 0.152. The molecule has 0 bridgehead atoms. The van der Waals surface area contributed by atoms with E-state index in [0.29, 0.717) is 5.92 Å². The lowest BCUT2D eigenvalue weighted by atomic mass is 9.99. The summed E-state index contributed by atoms with van der Waals surface area (Å²) < 4.78 is 12.9. The van der Waals surface area contributed by atoms with Crippen molar-refractivity contribution in [2.24, 2.45) is 5.92 Å². The van der Waals surface area contributed by atoms with E-state index in [0.717, 1.165) is 37.9 Å². The van der Waals surface area contributed by atoms with Gasteiger partial charge in [0.05, 0.1) is 11.9 Å². The molecular weight excluding hydrogens is 243 g/mol. The van der Waals surface area contributed by atoms with Crippen molar-refractivity contribution >= 4 is 0 Å². The lowest BCUT2D eigenvalue weighted by Crippen LogP contribution is -2.28. The number of aliphatic hydroxyl groups excluding tert-OH is 1. The molecule has 3 nitrogen and oxygen atoms in total. The Morgan fingerprint density at radius 3 is 2.63 bits per heavy atom. The van der Waals surface area contributed by atoms with Crippen LogP contribution in [0.2, 0.25) is 0 Å². The van der Waals surface area contributed by atoms with Crippen molar-refractivity contribution in [2.75, 3.05) is 13.2 Å². The van der Waals surface area contributed by atoms with Gasteiger partial charge in [0.15, 0.2) is 0 Å². The first-order chi connectivity index (χ1) is 9.21.